The monoisotopic (exact) mass is 454 g/mol. The predicted octanol–water partition coefficient (Wildman–Crippen LogP) is 8.25. The van der Waals surface area contributed by atoms with Crippen LogP contribution in [0.1, 0.15) is 0 Å². The van der Waals surface area contributed by atoms with E-state index in [1.165, 1.54) is 0 Å². The average Bonchev–Trinajstić information content (AvgIpc) is 3.30. The molecule has 0 fully saturated rings. The number of benzene rings is 4. The Bertz CT molecular complexity index is 1560. The Morgan fingerprint density at radius 2 is 0.943 bits per heavy atom. The van der Waals surface area contributed by atoms with Gasteiger partial charge in [-0.3, -0.25) is 4.40 Å². The molecule has 168 valence electrons. The molecule has 0 spiro atoms. The fourth-order valence-electron chi connectivity index (χ4n) is 4.08. The maximum Gasteiger partial charge on any atom is 0.137 e. The van der Waals surface area contributed by atoms with Crippen LogP contribution in [0.4, 0.5) is 0 Å². The first kappa shape index (κ1) is 20.8. The van der Waals surface area contributed by atoms with E-state index in [4.69, 9.17) is 14.5 Å². The zero-order valence-electron chi connectivity index (χ0n) is 18.9. The molecule has 6 rings (SSSR count). The van der Waals surface area contributed by atoms with Crippen molar-refractivity contribution in [3.05, 3.63) is 134 Å². The minimum atomic E-state index is 0.785. The van der Waals surface area contributed by atoms with E-state index in [9.17, 15) is 0 Å². The Balaban J connectivity index is 1.35. The molecule has 0 saturated carbocycles. The lowest BCUT2D eigenvalue weighted by Crippen LogP contribution is -1.90. The Morgan fingerprint density at radius 1 is 0.457 bits per heavy atom. The molecule has 2 heterocycles. The summed E-state index contributed by atoms with van der Waals surface area (Å²) in [7, 11) is 0. The lowest BCUT2D eigenvalue weighted by atomic mass is 10.0. The fraction of sp³-hybridized carbons (Fsp3) is 0. The molecule has 0 radical (unpaired) electrons. The minimum Gasteiger partial charge on any atom is -0.457 e. The molecule has 2 aromatic heterocycles. The SMILES string of the molecule is c1ccc(Oc2ccc(-c3nc4ccccn4c3-c3ccc(Oc4ccccc4)cc3)cc2)cc1. The molecule has 0 saturated heterocycles. The highest BCUT2D eigenvalue weighted by atomic mass is 16.5. The second-order valence-electron chi connectivity index (χ2n) is 8.12. The van der Waals surface area contributed by atoms with Crippen LogP contribution in [0, 0.1) is 0 Å². The van der Waals surface area contributed by atoms with E-state index in [0.29, 0.717) is 0 Å². The van der Waals surface area contributed by atoms with Crippen molar-refractivity contribution in [1.29, 1.82) is 0 Å². The quantitative estimate of drug-likeness (QED) is 0.254. The van der Waals surface area contributed by atoms with Gasteiger partial charge >= 0.3 is 0 Å². The molecular formula is C31H22N2O2. The van der Waals surface area contributed by atoms with Crippen LogP contribution in [-0.2, 0) is 0 Å². The van der Waals surface area contributed by atoms with Gasteiger partial charge in [0.2, 0.25) is 0 Å². The number of hydrogen-bond donors (Lipinski definition) is 0. The number of aromatic nitrogens is 2. The molecule has 0 aliphatic rings. The second kappa shape index (κ2) is 9.20. The molecule has 0 unspecified atom stereocenters. The van der Waals surface area contributed by atoms with Crippen molar-refractivity contribution in [3.8, 4) is 45.5 Å². The Kier molecular flexibility index (Phi) is 5.45. The topological polar surface area (TPSA) is 35.8 Å². The minimum absolute atomic E-state index is 0.785. The maximum atomic E-state index is 5.98. The van der Waals surface area contributed by atoms with Crippen LogP contribution in [0.15, 0.2) is 134 Å². The lowest BCUT2D eigenvalue weighted by molar-refractivity contribution is 0.482. The molecule has 0 aliphatic carbocycles. The molecule has 0 aliphatic heterocycles. The van der Waals surface area contributed by atoms with E-state index in [-0.39, 0.29) is 0 Å². The van der Waals surface area contributed by atoms with Gasteiger partial charge < -0.3 is 9.47 Å². The highest BCUT2D eigenvalue weighted by molar-refractivity contribution is 5.82. The second-order valence-corrected chi connectivity index (χ2v) is 8.12. The number of fused-ring (bicyclic) bond motifs is 1. The Hall–Kier alpha value is -4.83. The van der Waals surface area contributed by atoms with E-state index in [1.807, 2.05) is 109 Å². The summed E-state index contributed by atoms with van der Waals surface area (Å²) in [5.74, 6) is 3.20. The number of ether oxygens (including phenoxy) is 2. The number of hydrogen-bond acceptors (Lipinski definition) is 3. The van der Waals surface area contributed by atoms with Crippen LogP contribution >= 0.6 is 0 Å². The fourth-order valence-corrected chi connectivity index (χ4v) is 4.08. The molecule has 6 aromatic rings. The summed E-state index contributed by atoms with van der Waals surface area (Å²) in [6.45, 7) is 0. The summed E-state index contributed by atoms with van der Waals surface area (Å²) in [5.41, 5.74) is 4.92. The number of rotatable bonds is 6. The zero-order valence-corrected chi connectivity index (χ0v) is 18.9. The molecule has 4 heteroatoms. The highest BCUT2D eigenvalue weighted by Crippen LogP contribution is 2.35. The molecule has 0 N–H and O–H groups in total. The predicted molar refractivity (Wildman–Crippen MR) is 139 cm³/mol. The van der Waals surface area contributed by atoms with Crippen LogP contribution in [0.3, 0.4) is 0 Å². The molecule has 0 bridgehead atoms. The van der Waals surface area contributed by atoms with Crippen molar-refractivity contribution in [1.82, 2.24) is 9.38 Å². The van der Waals surface area contributed by atoms with Crippen LogP contribution in [0.5, 0.6) is 23.0 Å². The first-order valence-corrected chi connectivity index (χ1v) is 11.5. The normalized spacial score (nSPS) is 10.9. The van der Waals surface area contributed by atoms with Crippen molar-refractivity contribution >= 4 is 5.65 Å². The number of pyridine rings is 1. The number of para-hydroxylation sites is 2. The molecule has 4 aromatic carbocycles. The summed E-state index contributed by atoms with van der Waals surface area (Å²) in [6, 6.07) is 41.8. The number of nitrogens with zero attached hydrogens (tertiary/aromatic N) is 2. The molecular weight excluding hydrogens is 432 g/mol. The summed E-state index contributed by atoms with van der Waals surface area (Å²) in [6.07, 6.45) is 2.04. The van der Waals surface area contributed by atoms with Gasteiger partial charge in [0.15, 0.2) is 0 Å². The molecule has 35 heavy (non-hydrogen) atoms. The van der Waals surface area contributed by atoms with Gasteiger partial charge in [0.05, 0.1) is 11.4 Å². The largest absolute Gasteiger partial charge is 0.457 e. The first-order chi connectivity index (χ1) is 17.3. The van der Waals surface area contributed by atoms with Crippen molar-refractivity contribution in [2.24, 2.45) is 0 Å². The summed E-state index contributed by atoms with van der Waals surface area (Å²) < 4.78 is 14.1. The maximum absolute atomic E-state index is 5.98. The first-order valence-electron chi connectivity index (χ1n) is 11.5. The summed E-state index contributed by atoms with van der Waals surface area (Å²) in [4.78, 5) is 4.95. The van der Waals surface area contributed by atoms with E-state index < -0.39 is 0 Å². The third kappa shape index (κ3) is 4.37. The van der Waals surface area contributed by atoms with Crippen molar-refractivity contribution in [2.75, 3.05) is 0 Å². The summed E-state index contributed by atoms with van der Waals surface area (Å²) in [5, 5.41) is 0. The van der Waals surface area contributed by atoms with Gasteiger partial charge in [-0.15, -0.1) is 0 Å². The van der Waals surface area contributed by atoms with Crippen LogP contribution in [0.2, 0.25) is 0 Å². The highest BCUT2D eigenvalue weighted by Gasteiger charge is 2.16. The number of imidazole rings is 1. The standard InChI is InChI=1S/C31H22N2O2/c1-3-9-25(10-4-1)34-27-18-14-23(15-19-27)30-31(33-22-8-7-13-29(33)32-30)24-16-20-28(21-17-24)35-26-11-5-2-6-12-26/h1-22H. The zero-order chi connectivity index (χ0) is 23.5. The third-order valence-corrected chi connectivity index (χ3v) is 5.74. The lowest BCUT2D eigenvalue weighted by Gasteiger charge is -2.09. The third-order valence-electron chi connectivity index (χ3n) is 5.74. The average molecular weight is 455 g/mol. The summed E-state index contributed by atoms with van der Waals surface area (Å²) >= 11 is 0. The van der Waals surface area contributed by atoms with Crippen molar-refractivity contribution in [2.45, 2.75) is 0 Å². The van der Waals surface area contributed by atoms with E-state index in [1.54, 1.807) is 0 Å². The molecule has 0 amide bonds. The molecule has 0 atom stereocenters. The van der Waals surface area contributed by atoms with Crippen molar-refractivity contribution in [3.63, 3.8) is 0 Å². The van der Waals surface area contributed by atoms with Gasteiger partial charge in [0.1, 0.15) is 28.6 Å². The van der Waals surface area contributed by atoms with Gasteiger partial charge in [0.25, 0.3) is 0 Å². The van der Waals surface area contributed by atoms with E-state index in [2.05, 4.69) is 28.7 Å². The van der Waals surface area contributed by atoms with Crippen LogP contribution in [0.25, 0.3) is 28.2 Å². The Morgan fingerprint density at radius 3 is 1.51 bits per heavy atom. The van der Waals surface area contributed by atoms with E-state index >= 15 is 0 Å². The van der Waals surface area contributed by atoms with Crippen LogP contribution < -0.4 is 9.47 Å². The van der Waals surface area contributed by atoms with Gasteiger partial charge in [0, 0.05) is 17.3 Å². The van der Waals surface area contributed by atoms with Gasteiger partial charge in [-0.2, -0.15) is 0 Å². The van der Waals surface area contributed by atoms with Crippen molar-refractivity contribution < 1.29 is 9.47 Å². The van der Waals surface area contributed by atoms with Gasteiger partial charge in [-0.25, -0.2) is 4.98 Å². The van der Waals surface area contributed by atoms with E-state index in [0.717, 1.165) is 51.2 Å². The van der Waals surface area contributed by atoms with Gasteiger partial charge in [-0.1, -0.05) is 42.5 Å². The smallest absolute Gasteiger partial charge is 0.137 e. The Labute approximate surface area is 203 Å². The van der Waals surface area contributed by atoms with Crippen LogP contribution in [-0.4, -0.2) is 9.38 Å². The van der Waals surface area contributed by atoms with Gasteiger partial charge in [-0.05, 0) is 84.9 Å². The molecule has 4 nitrogen and oxygen atoms in total.